The Morgan fingerprint density at radius 1 is 1.07 bits per heavy atom. The molecule has 1 aromatic heterocycles. The summed E-state index contributed by atoms with van der Waals surface area (Å²) >= 11 is 0. The normalized spacial score (nSPS) is 13.1. The van der Waals surface area contributed by atoms with Crippen molar-refractivity contribution in [3.63, 3.8) is 0 Å². The zero-order valence-electron chi connectivity index (χ0n) is 17.7. The maximum atomic E-state index is 12.8. The molecule has 0 aliphatic heterocycles. The van der Waals surface area contributed by atoms with Crippen molar-refractivity contribution in [3.8, 4) is 0 Å². The molecule has 1 amide bonds. The molecule has 1 unspecified atom stereocenters. The number of aromatic nitrogens is 2. The SMILES string of the molecule is CCN(CC)S(=O)(=O)c1ccc(C(=O)NC(c2nc3ccccc3[nH]2)C(C)C)cc1. The third kappa shape index (κ3) is 4.39. The van der Waals surface area contributed by atoms with E-state index in [2.05, 4.69) is 15.3 Å². The second kappa shape index (κ2) is 8.97. The topological polar surface area (TPSA) is 95.2 Å². The van der Waals surface area contributed by atoms with Gasteiger partial charge in [-0.3, -0.25) is 4.79 Å². The number of carbonyl (C=O) groups is 1. The fourth-order valence-corrected chi connectivity index (χ4v) is 4.84. The number of nitrogens with one attached hydrogen (secondary N) is 2. The van der Waals surface area contributed by atoms with Gasteiger partial charge in [0.15, 0.2) is 0 Å². The van der Waals surface area contributed by atoms with Gasteiger partial charge in [0.25, 0.3) is 5.91 Å². The highest BCUT2D eigenvalue weighted by Crippen LogP contribution is 2.23. The number of hydrogen-bond acceptors (Lipinski definition) is 4. The molecule has 1 atom stereocenters. The molecule has 160 valence electrons. The minimum absolute atomic E-state index is 0.108. The molecule has 3 aromatic rings. The Hall–Kier alpha value is -2.71. The van der Waals surface area contributed by atoms with E-state index in [9.17, 15) is 13.2 Å². The first kappa shape index (κ1) is 22.0. The molecule has 0 aliphatic carbocycles. The summed E-state index contributed by atoms with van der Waals surface area (Å²) in [5, 5.41) is 3.02. The third-order valence-corrected chi connectivity index (χ3v) is 7.18. The van der Waals surface area contributed by atoms with E-state index in [1.165, 1.54) is 16.4 Å². The van der Waals surface area contributed by atoms with Gasteiger partial charge in [0.1, 0.15) is 5.82 Å². The average Bonchev–Trinajstić information content (AvgIpc) is 3.16. The molecule has 0 fully saturated rings. The van der Waals surface area contributed by atoms with E-state index in [4.69, 9.17) is 0 Å². The van der Waals surface area contributed by atoms with Gasteiger partial charge in [-0.25, -0.2) is 13.4 Å². The largest absolute Gasteiger partial charge is 0.342 e. The molecule has 3 rings (SSSR count). The Morgan fingerprint density at radius 3 is 2.27 bits per heavy atom. The number of sulfonamides is 1. The molecule has 1 heterocycles. The number of nitrogens with zero attached hydrogens (tertiary/aromatic N) is 2. The van der Waals surface area contributed by atoms with Gasteiger partial charge in [-0.15, -0.1) is 0 Å². The van der Waals surface area contributed by atoms with Crippen LogP contribution in [0, 0.1) is 5.92 Å². The van der Waals surface area contributed by atoms with Crippen molar-refractivity contribution >= 4 is 27.0 Å². The molecule has 2 N–H and O–H groups in total. The highest BCUT2D eigenvalue weighted by atomic mass is 32.2. The fourth-order valence-electron chi connectivity index (χ4n) is 3.39. The lowest BCUT2D eigenvalue weighted by molar-refractivity contribution is 0.0923. The summed E-state index contributed by atoms with van der Waals surface area (Å²) in [6.07, 6.45) is 0. The van der Waals surface area contributed by atoms with E-state index in [0.29, 0.717) is 24.5 Å². The van der Waals surface area contributed by atoms with Crippen molar-refractivity contribution in [3.05, 3.63) is 59.9 Å². The Balaban J connectivity index is 1.81. The summed E-state index contributed by atoms with van der Waals surface area (Å²) in [6.45, 7) is 8.42. The lowest BCUT2D eigenvalue weighted by atomic mass is 10.0. The highest BCUT2D eigenvalue weighted by Gasteiger charge is 2.24. The summed E-state index contributed by atoms with van der Waals surface area (Å²) in [4.78, 5) is 20.9. The number of amides is 1. The van der Waals surface area contributed by atoms with E-state index in [1.54, 1.807) is 26.0 Å². The van der Waals surface area contributed by atoms with Crippen LogP contribution in [0.1, 0.15) is 49.9 Å². The molecule has 2 aromatic carbocycles. The molecule has 0 spiro atoms. The molecule has 0 bridgehead atoms. The summed E-state index contributed by atoms with van der Waals surface area (Å²) < 4.78 is 26.6. The van der Waals surface area contributed by atoms with Crippen LogP contribution in [0.15, 0.2) is 53.4 Å². The predicted molar refractivity (Wildman–Crippen MR) is 118 cm³/mol. The first-order chi connectivity index (χ1) is 14.3. The number of hydrogen-bond donors (Lipinski definition) is 2. The zero-order chi connectivity index (χ0) is 21.9. The number of fused-ring (bicyclic) bond motifs is 1. The number of benzene rings is 2. The minimum Gasteiger partial charge on any atom is -0.342 e. The molecular formula is C22H28N4O3S. The summed E-state index contributed by atoms with van der Waals surface area (Å²) in [5.41, 5.74) is 2.16. The monoisotopic (exact) mass is 428 g/mol. The number of para-hydroxylation sites is 2. The van der Waals surface area contributed by atoms with Crippen LogP contribution in [0.2, 0.25) is 0 Å². The van der Waals surface area contributed by atoms with Crippen LogP contribution in [-0.4, -0.2) is 41.7 Å². The van der Waals surface area contributed by atoms with Crippen LogP contribution in [0.4, 0.5) is 0 Å². The highest BCUT2D eigenvalue weighted by molar-refractivity contribution is 7.89. The van der Waals surface area contributed by atoms with Gasteiger partial charge < -0.3 is 10.3 Å². The van der Waals surface area contributed by atoms with Crippen molar-refractivity contribution in [2.24, 2.45) is 5.92 Å². The number of aromatic amines is 1. The van der Waals surface area contributed by atoms with Gasteiger partial charge in [-0.1, -0.05) is 39.8 Å². The first-order valence-electron chi connectivity index (χ1n) is 10.1. The van der Waals surface area contributed by atoms with Gasteiger partial charge in [0.05, 0.1) is 22.0 Å². The maximum Gasteiger partial charge on any atom is 0.251 e. The van der Waals surface area contributed by atoms with E-state index in [-0.39, 0.29) is 22.8 Å². The third-order valence-electron chi connectivity index (χ3n) is 5.12. The molecular weight excluding hydrogens is 400 g/mol. The smallest absolute Gasteiger partial charge is 0.251 e. The Labute approximate surface area is 177 Å². The first-order valence-corrected chi connectivity index (χ1v) is 11.6. The second-order valence-corrected chi connectivity index (χ2v) is 9.39. The van der Waals surface area contributed by atoms with Crippen LogP contribution in [0.25, 0.3) is 11.0 Å². The van der Waals surface area contributed by atoms with Crippen molar-refractivity contribution in [1.29, 1.82) is 0 Å². The minimum atomic E-state index is -3.55. The Morgan fingerprint density at radius 2 is 1.70 bits per heavy atom. The molecule has 30 heavy (non-hydrogen) atoms. The zero-order valence-corrected chi connectivity index (χ0v) is 18.5. The number of H-pyrrole nitrogens is 1. The standard InChI is InChI=1S/C22H28N4O3S/c1-5-26(6-2)30(28,29)17-13-11-16(12-14-17)22(27)25-20(15(3)4)21-23-18-9-7-8-10-19(18)24-21/h7-15,20H,5-6H2,1-4H3,(H,23,24)(H,25,27). The van der Waals surface area contributed by atoms with Gasteiger partial charge >= 0.3 is 0 Å². The van der Waals surface area contributed by atoms with Gasteiger partial charge in [0.2, 0.25) is 10.0 Å². The van der Waals surface area contributed by atoms with Crippen LogP contribution in [-0.2, 0) is 10.0 Å². The van der Waals surface area contributed by atoms with E-state index in [1.807, 2.05) is 38.1 Å². The summed E-state index contributed by atoms with van der Waals surface area (Å²) in [6, 6.07) is 13.5. The lowest BCUT2D eigenvalue weighted by Crippen LogP contribution is -2.33. The molecule has 0 aliphatic rings. The van der Waals surface area contributed by atoms with Crippen LogP contribution in [0.5, 0.6) is 0 Å². The molecule has 7 nitrogen and oxygen atoms in total. The quantitative estimate of drug-likeness (QED) is 0.572. The molecule has 0 saturated carbocycles. The lowest BCUT2D eigenvalue weighted by Gasteiger charge is -2.21. The number of rotatable bonds is 8. The predicted octanol–water partition coefficient (Wildman–Crippen LogP) is 3.72. The molecule has 0 radical (unpaired) electrons. The maximum absolute atomic E-state index is 12.8. The number of imidazole rings is 1. The van der Waals surface area contributed by atoms with Crippen molar-refractivity contribution in [2.45, 2.75) is 38.6 Å². The Kier molecular flexibility index (Phi) is 6.58. The summed E-state index contributed by atoms with van der Waals surface area (Å²) in [7, 11) is -3.55. The van der Waals surface area contributed by atoms with Gasteiger partial charge in [-0.05, 0) is 42.3 Å². The van der Waals surface area contributed by atoms with Gasteiger partial charge in [-0.2, -0.15) is 4.31 Å². The van der Waals surface area contributed by atoms with Gasteiger partial charge in [0, 0.05) is 18.7 Å². The molecule has 0 saturated heterocycles. The van der Waals surface area contributed by atoms with E-state index < -0.39 is 10.0 Å². The second-order valence-electron chi connectivity index (χ2n) is 7.45. The van der Waals surface area contributed by atoms with Crippen LogP contribution >= 0.6 is 0 Å². The van der Waals surface area contributed by atoms with E-state index >= 15 is 0 Å². The fraction of sp³-hybridized carbons (Fsp3) is 0.364. The van der Waals surface area contributed by atoms with Crippen molar-refractivity contribution in [1.82, 2.24) is 19.6 Å². The average molecular weight is 429 g/mol. The van der Waals surface area contributed by atoms with E-state index in [0.717, 1.165) is 11.0 Å². The number of carbonyl (C=O) groups excluding carboxylic acids is 1. The van der Waals surface area contributed by atoms with Crippen molar-refractivity contribution < 1.29 is 13.2 Å². The summed E-state index contributed by atoms with van der Waals surface area (Å²) in [5.74, 6) is 0.526. The van der Waals surface area contributed by atoms with Crippen LogP contribution in [0.3, 0.4) is 0 Å². The van der Waals surface area contributed by atoms with Crippen molar-refractivity contribution in [2.75, 3.05) is 13.1 Å². The Bertz CT molecular complexity index is 1080. The molecule has 8 heteroatoms. The van der Waals surface area contributed by atoms with Crippen LogP contribution < -0.4 is 5.32 Å².